The van der Waals surface area contributed by atoms with Crippen LogP contribution in [0.25, 0.3) is 0 Å². The average Bonchev–Trinajstić information content (AvgIpc) is 2.36. The highest BCUT2D eigenvalue weighted by atomic mass is 16.5. The fraction of sp³-hybridized carbons (Fsp3) is 0.647. The maximum atomic E-state index is 11.2. The van der Waals surface area contributed by atoms with Gasteiger partial charge < -0.3 is 9.84 Å². The minimum Gasteiger partial charge on any atom is -0.478 e. The van der Waals surface area contributed by atoms with Crippen molar-refractivity contribution in [3.05, 3.63) is 24.3 Å². The Balaban J connectivity index is 2.12. The number of esters is 1. The number of ether oxygens (including phenoxy) is 1. The van der Waals surface area contributed by atoms with Crippen LogP contribution < -0.4 is 0 Å². The van der Waals surface area contributed by atoms with Gasteiger partial charge in [0.05, 0.1) is 0 Å². The van der Waals surface area contributed by atoms with Gasteiger partial charge in [0.2, 0.25) is 0 Å². The largest absolute Gasteiger partial charge is 0.478 e. The molecule has 0 aromatic rings. The van der Waals surface area contributed by atoms with Crippen LogP contribution >= 0.6 is 0 Å². The summed E-state index contributed by atoms with van der Waals surface area (Å²) in [5, 5.41) is 9.12. The summed E-state index contributed by atoms with van der Waals surface area (Å²) in [6.07, 6.45) is 3.99. The molecule has 0 bridgehead atoms. The third-order valence-corrected chi connectivity index (χ3v) is 5.20. The van der Waals surface area contributed by atoms with Crippen LogP contribution in [-0.2, 0) is 14.3 Å². The highest BCUT2D eigenvalue weighted by molar-refractivity contribution is 5.86. The lowest BCUT2D eigenvalue weighted by Crippen LogP contribution is -2.44. The van der Waals surface area contributed by atoms with Crippen molar-refractivity contribution in [1.82, 2.24) is 0 Å². The van der Waals surface area contributed by atoms with E-state index in [-0.39, 0.29) is 23.4 Å². The molecule has 0 spiro atoms. The second kappa shape index (κ2) is 5.66. The molecule has 0 aromatic carbocycles. The van der Waals surface area contributed by atoms with E-state index in [0.29, 0.717) is 17.9 Å². The Morgan fingerprint density at radius 2 is 2.10 bits per heavy atom. The Labute approximate surface area is 125 Å². The Hall–Kier alpha value is -1.58. The lowest BCUT2D eigenvalue weighted by atomic mass is 9.55. The van der Waals surface area contributed by atoms with E-state index in [1.165, 1.54) is 6.92 Å². The van der Waals surface area contributed by atoms with Crippen LogP contribution in [0.5, 0.6) is 0 Å². The summed E-state index contributed by atoms with van der Waals surface area (Å²) in [5.41, 5.74) is 1.44. The van der Waals surface area contributed by atoms with Crippen molar-refractivity contribution in [3.63, 3.8) is 0 Å². The van der Waals surface area contributed by atoms with Crippen molar-refractivity contribution < 1.29 is 19.4 Å². The van der Waals surface area contributed by atoms with E-state index in [4.69, 9.17) is 9.84 Å². The van der Waals surface area contributed by atoms with Gasteiger partial charge in [0.1, 0.15) is 6.10 Å². The summed E-state index contributed by atoms with van der Waals surface area (Å²) in [4.78, 5) is 22.3. The molecule has 116 valence electrons. The molecular formula is C17H24O4. The van der Waals surface area contributed by atoms with Gasteiger partial charge in [0.25, 0.3) is 0 Å². The highest BCUT2D eigenvalue weighted by Crippen LogP contribution is 2.54. The molecule has 4 nitrogen and oxygen atoms in total. The third kappa shape index (κ3) is 3.20. The summed E-state index contributed by atoms with van der Waals surface area (Å²) < 4.78 is 5.38. The van der Waals surface area contributed by atoms with Crippen molar-refractivity contribution >= 4 is 11.9 Å². The molecule has 0 heterocycles. The highest BCUT2D eigenvalue weighted by Gasteiger charge is 2.47. The van der Waals surface area contributed by atoms with Crippen molar-refractivity contribution in [2.24, 2.45) is 17.3 Å². The van der Waals surface area contributed by atoms with Crippen LogP contribution in [0, 0.1) is 17.3 Å². The number of hydrogen-bond acceptors (Lipinski definition) is 3. The van der Waals surface area contributed by atoms with Gasteiger partial charge in [0, 0.05) is 18.9 Å². The van der Waals surface area contributed by atoms with Crippen LogP contribution in [0.3, 0.4) is 0 Å². The van der Waals surface area contributed by atoms with E-state index in [1.807, 2.05) is 0 Å². The average molecular weight is 292 g/mol. The molecule has 0 aromatic heterocycles. The molecule has 1 N–H and O–H groups in total. The number of rotatable bonds is 3. The summed E-state index contributed by atoms with van der Waals surface area (Å²) in [5.74, 6) is -0.827. The predicted molar refractivity (Wildman–Crippen MR) is 79.6 cm³/mol. The molecule has 4 atom stereocenters. The molecule has 0 aliphatic heterocycles. The maximum absolute atomic E-state index is 11.2. The first kappa shape index (κ1) is 15.8. The Bertz CT molecular complexity index is 493. The quantitative estimate of drug-likeness (QED) is 0.492. The van der Waals surface area contributed by atoms with Gasteiger partial charge >= 0.3 is 11.9 Å². The Morgan fingerprint density at radius 1 is 1.43 bits per heavy atom. The van der Waals surface area contributed by atoms with Crippen LogP contribution in [0.2, 0.25) is 0 Å². The molecule has 2 fully saturated rings. The predicted octanol–water partition coefficient (Wildman–Crippen LogP) is 3.33. The van der Waals surface area contributed by atoms with Crippen LogP contribution in [0.1, 0.15) is 46.0 Å². The van der Waals surface area contributed by atoms with Gasteiger partial charge in [-0.25, -0.2) is 4.79 Å². The van der Waals surface area contributed by atoms with Gasteiger partial charge in [-0.1, -0.05) is 25.7 Å². The molecular weight excluding hydrogens is 268 g/mol. The fourth-order valence-electron chi connectivity index (χ4n) is 4.10. The molecule has 2 aliphatic carbocycles. The van der Waals surface area contributed by atoms with Crippen molar-refractivity contribution in [2.75, 3.05) is 0 Å². The maximum Gasteiger partial charge on any atom is 0.331 e. The summed E-state index contributed by atoms with van der Waals surface area (Å²) in [6, 6.07) is 0. The number of carbonyl (C=O) groups excluding carboxylic acids is 1. The lowest BCUT2D eigenvalue weighted by Gasteiger charge is -2.50. The first-order valence-corrected chi connectivity index (χ1v) is 7.50. The van der Waals surface area contributed by atoms with Gasteiger partial charge in [-0.15, -0.1) is 0 Å². The molecule has 2 rings (SSSR count). The zero-order chi connectivity index (χ0) is 15.8. The number of hydrogen-bond donors (Lipinski definition) is 1. The summed E-state index contributed by atoms with van der Waals surface area (Å²) >= 11 is 0. The molecule has 0 amide bonds. The van der Waals surface area contributed by atoms with E-state index >= 15 is 0 Å². The third-order valence-electron chi connectivity index (χ3n) is 5.20. The first-order chi connectivity index (χ1) is 9.73. The molecule has 0 radical (unpaired) electrons. The lowest BCUT2D eigenvalue weighted by molar-refractivity contribution is -0.150. The number of carboxylic acid groups (broad SMARTS) is 1. The topological polar surface area (TPSA) is 63.6 Å². The number of carbonyl (C=O) groups is 2. The number of carboxylic acids is 1. The zero-order valence-corrected chi connectivity index (χ0v) is 12.9. The van der Waals surface area contributed by atoms with E-state index < -0.39 is 5.97 Å². The van der Waals surface area contributed by atoms with E-state index in [9.17, 15) is 9.59 Å². The minimum absolute atomic E-state index is 0.0302. The monoisotopic (exact) mass is 292 g/mol. The SMILES string of the molecule is C=C(C(=O)O)C1CCC2(C)CC(OC(C)=O)CC(=C)C2C1. The molecule has 4 heteroatoms. The second-order valence-electron chi connectivity index (χ2n) is 6.81. The first-order valence-electron chi connectivity index (χ1n) is 7.50. The Morgan fingerprint density at radius 3 is 2.67 bits per heavy atom. The van der Waals surface area contributed by atoms with Crippen LogP contribution in [-0.4, -0.2) is 23.1 Å². The van der Waals surface area contributed by atoms with Crippen molar-refractivity contribution in [1.29, 1.82) is 0 Å². The van der Waals surface area contributed by atoms with E-state index in [1.54, 1.807) is 0 Å². The van der Waals surface area contributed by atoms with Crippen molar-refractivity contribution in [2.45, 2.75) is 52.1 Å². The molecule has 4 unspecified atom stereocenters. The number of aliphatic carboxylic acids is 1. The van der Waals surface area contributed by atoms with Crippen LogP contribution in [0.4, 0.5) is 0 Å². The normalized spacial score (nSPS) is 35.7. The van der Waals surface area contributed by atoms with Gasteiger partial charge in [-0.2, -0.15) is 0 Å². The van der Waals surface area contributed by atoms with E-state index in [2.05, 4.69) is 20.1 Å². The van der Waals surface area contributed by atoms with Gasteiger partial charge in [0.15, 0.2) is 0 Å². The molecule has 21 heavy (non-hydrogen) atoms. The smallest absolute Gasteiger partial charge is 0.331 e. The van der Waals surface area contributed by atoms with Crippen LogP contribution in [0.15, 0.2) is 24.3 Å². The van der Waals surface area contributed by atoms with Crippen molar-refractivity contribution in [3.8, 4) is 0 Å². The van der Waals surface area contributed by atoms with Gasteiger partial charge in [-0.3, -0.25) is 4.79 Å². The zero-order valence-electron chi connectivity index (χ0n) is 12.9. The second-order valence-corrected chi connectivity index (χ2v) is 6.81. The fourth-order valence-corrected chi connectivity index (χ4v) is 4.10. The summed E-state index contributed by atoms with van der Waals surface area (Å²) in [7, 11) is 0. The molecule has 2 saturated carbocycles. The minimum atomic E-state index is -0.900. The standard InChI is InChI=1S/C17H24O4/c1-10-7-14(21-12(3)18)9-17(4)6-5-13(8-15(10)17)11(2)16(19)20/h13-15H,1-2,5-9H2,3-4H3,(H,19,20). The molecule has 0 saturated heterocycles. The van der Waals surface area contributed by atoms with E-state index in [0.717, 1.165) is 31.3 Å². The molecule has 2 aliphatic rings. The van der Waals surface area contributed by atoms with Gasteiger partial charge in [-0.05, 0) is 42.9 Å². The number of fused-ring (bicyclic) bond motifs is 1. The summed E-state index contributed by atoms with van der Waals surface area (Å²) in [6.45, 7) is 11.5. The Kier molecular flexibility index (Phi) is 4.26.